The highest BCUT2D eigenvalue weighted by Gasteiger charge is 2.33. The highest BCUT2D eigenvalue weighted by atomic mass is 16.5. The monoisotopic (exact) mass is 225 g/mol. The van der Waals surface area contributed by atoms with Crippen LogP contribution in [-0.2, 0) is 4.74 Å². The lowest BCUT2D eigenvalue weighted by Crippen LogP contribution is -2.35. The molecule has 3 atom stereocenters. The van der Waals surface area contributed by atoms with Gasteiger partial charge in [0, 0.05) is 25.2 Å². The Hall–Kier alpha value is -1.44. The van der Waals surface area contributed by atoms with Crippen molar-refractivity contribution in [2.24, 2.45) is 11.5 Å². The minimum atomic E-state index is -0.435. The lowest BCUT2D eigenvalue weighted by molar-refractivity contribution is 0.00179. The highest BCUT2D eigenvalue weighted by molar-refractivity contribution is 5.23. The average molecular weight is 225 g/mol. The van der Waals surface area contributed by atoms with E-state index >= 15 is 0 Å². The van der Waals surface area contributed by atoms with Crippen LogP contribution in [0.5, 0.6) is 0 Å². The molecule has 1 saturated heterocycles. The number of rotatable bonds is 2. The van der Waals surface area contributed by atoms with E-state index in [1.807, 2.05) is 0 Å². The smallest absolute Gasteiger partial charge is 0.351 e. The molecule has 88 valence electrons. The molecule has 1 aromatic rings. The van der Waals surface area contributed by atoms with Gasteiger partial charge in [0.2, 0.25) is 0 Å². The van der Waals surface area contributed by atoms with Crippen molar-refractivity contribution in [3.63, 3.8) is 0 Å². The van der Waals surface area contributed by atoms with Crippen LogP contribution in [0.3, 0.4) is 0 Å². The lowest BCUT2D eigenvalue weighted by Gasteiger charge is -2.14. The van der Waals surface area contributed by atoms with Gasteiger partial charge in [-0.25, -0.2) is 4.79 Å². The van der Waals surface area contributed by atoms with Crippen LogP contribution in [0.2, 0.25) is 0 Å². The maximum atomic E-state index is 11.5. The molecule has 1 aliphatic heterocycles. The fourth-order valence-electron chi connectivity index (χ4n) is 1.80. The third kappa shape index (κ3) is 1.92. The highest BCUT2D eigenvalue weighted by Crippen LogP contribution is 2.25. The molecule has 1 aromatic heterocycles. The Balaban J connectivity index is 2.23. The summed E-state index contributed by atoms with van der Waals surface area (Å²) in [4.78, 5) is 15.2. The third-order valence-electron chi connectivity index (χ3n) is 2.68. The van der Waals surface area contributed by atoms with Crippen molar-refractivity contribution in [3.8, 4) is 0 Å². The number of nitrogens with two attached hydrogens (primary N) is 3. The van der Waals surface area contributed by atoms with Gasteiger partial charge in [-0.1, -0.05) is 0 Å². The maximum Gasteiger partial charge on any atom is 0.351 e. The molecule has 0 aliphatic carbocycles. The zero-order valence-corrected chi connectivity index (χ0v) is 8.74. The van der Waals surface area contributed by atoms with E-state index in [9.17, 15) is 4.79 Å². The Morgan fingerprint density at radius 3 is 2.94 bits per heavy atom. The van der Waals surface area contributed by atoms with E-state index in [0.717, 1.165) is 0 Å². The van der Waals surface area contributed by atoms with Gasteiger partial charge in [-0.3, -0.25) is 4.57 Å². The van der Waals surface area contributed by atoms with Crippen LogP contribution < -0.4 is 22.9 Å². The Bertz CT molecular complexity index is 432. The molecular formula is C9H15N5O2. The maximum absolute atomic E-state index is 11.5. The van der Waals surface area contributed by atoms with Crippen LogP contribution in [0.25, 0.3) is 0 Å². The van der Waals surface area contributed by atoms with E-state index in [4.69, 9.17) is 21.9 Å². The average Bonchev–Trinajstić information content (AvgIpc) is 2.59. The molecular weight excluding hydrogens is 210 g/mol. The standard InChI is InChI=1S/C9H15N5O2/c10-4-6-5(11)3-8(16-6)14-2-1-7(12)13-9(14)15/h1-2,5-6,8H,3-4,10-11H2,(H2,12,13,15)/t5-,6+,8+/m0/s1. The van der Waals surface area contributed by atoms with Crippen LogP contribution in [0, 0.1) is 0 Å². The molecule has 0 bridgehead atoms. The number of nitrogens with zero attached hydrogens (tertiary/aromatic N) is 2. The van der Waals surface area contributed by atoms with Crippen molar-refractivity contribution in [2.75, 3.05) is 12.3 Å². The van der Waals surface area contributed by atoms with E-state index in [-0.39, 0.29) is 18.0 Å². The van der Waals surface area contributed by atoms with E-state index in [0.29, 0.717) is 13.0 Å². The summed E-state index contributed by atoms with van der Waals surface area (Å²) in [6.45, 7) is 0.342. The molecule has 0 saturated carbocycles. The van der Waals surface area contributed by atoms with Crippen LogP contribution in [0.1, 0.15) is 12.6 Å². The third-order valence-corrected chi connectivity index (χ3v) is 2.68. The van der Waals surface area contributed by atoms with Crippen LogP contribution >= 0.6 is 0 Å². The molecule has 2 rings (SSSR count). The molecule has 2 heterocycles. The van der Waals surface area contributed by atoms with Gasteiger partial charge in [0.15, 0.2) is 0 Å². The van der Waals surface area contributed by atoms with Crippen molar-refractivity contribution in [2.45, 2.75) is 24.8 Å². The van der Waals surface area contributed by atoms with Crippen LogP contribution in [-0.4, -0.2) is 28.2 Å². The molecule has 6 N–H and O–H groups in total. The van der Waals surface area contributed by atoms with Gasteiger partial charge in [-0.05, 0) is 6.07 Å². The summed E-state index contributed by atoms with van der Waals surface area (Å²) >= 11 is 0. The zero-order valence-electron chi connectivity index (χ0n) is 8.74. The first-order chi connectivity index (χ1) is 7.61. The van der Waals surface area contributed by atoms with Gasteiger partial charge >= 0.3 is 5.69 Å². The molecule has 1 fully saturated rings. The van der Waals surface area contributed by atoms with Crippen molar-refractivity contribution in [3.05, 3.63) is 22.7 Å². The molecule has 0 radical (unpaired) electrons. The second-order valence-electron chi connectivity index (χ2n) is 3.81. The van der Waals surface area contributed by atoms with E-state index in [2.05, 4.69) is 4.98 Å². The largest absolute Gasteiger partial charge is 0.383 e. The normalized spacial score (nSPS) is 29.5. The summed E-state index contributed by atoms with van der Waals surface area (Å²) < 4.78 is 6.94. The molecule has 7 heteroatoms. The topological polar surface area (TPSA) is 122 Å². The number of hydrogen-bond donors (Lipinski definition) is 3. The van der Waals surface area contributed by atoms with Gasteiger partial charge in [0.05, 0.1) is 6.10 Å². The van der Waals surface area contributed by atoms with Gasteiger partial charge in [-0.15, -0.1) is 0 Å². The van der Waals surface area contributed by atoms with Crippen LogP contribution in [0.4, 0.5) is 5.82 Å². The first-order valence-electron chi connectivity index (χ1n) is 5.07. The number of anilines is 1. The predicted octanol–water partition coefficient (Wildman–Crippen LogP) is -1.60. The Labute approximate surface area is 92.2 Å². The van der Waals surface area contributed by atoms with Crippen molar-refractivity contribution in [1.29, 1.82) is 0 Å². The number of ether oxygens (including phenoxy) is 1. The number of hydrogen-bond acceptors (Lipinski definition) is 6. The Kier molecular flexibility index (Phi) is 2.90. The Morgan fingerprint density at radius 1 is 1.62 bits per heavy atom. The van der Waals surface area contributed by atoms with E-state index in [1.165, 1.54) is 4.57 Å². The van der Waals surface area contributed by atoms with E-state index < -0.39 is 11.9 Å². The Morgan fingerprint density at radius 2 is 2.38 bits per heavy atom. The molecule has 0 aromatic carbocycles. The summed E-state index contributed by atoms with van der Waals surface area (Å²) in [5.74, 6) is 0.193. The van der Waals surface area contributed by atoms with Gasteiger partial charge in [0.25, 0.3) is 0 Å². The minimum absolute atomic E-state index is 0.153. The van der Waals surface area contributed by atoms with Crippen molar-refractivity contribution < 1.29 is 4.74 Å². The van der Waals surface area contributed by atoms with Gasteiger partial charge in [0.1, 0.15) is 12.0 Å². The first-order valence-corrected chi connectivity index (χ1v) is 5.07. The lowest BCUT2D eigenvalue weighted by atomic mass is 10.1. The fraction of sp³-hybridized carbons (Fsp3) is 0.556. The quantitative estimate of drug-likeness (QED) is 0.557. The number of aromatic nitrogens is 2. The van der Waals surface area contributed by atoms with Gasteiger partial charge in [-0.2, -0.15) is 4.98 Å². The molecule has 0 spiro atoms. The van der Waals surface area contributed by atoms with Crippen LogP contribution in [0.15, 0.2) is 17.1 Å². The molecule has 1 aliphatic rings. The van der Waals surface area contributed by atoms with Crippen molar-refractivity contribution >= 4 is 5.82 Å². The SMILES string of the molecule is NC[C@H]1O[C@@H](n2ccc(N)nc2=O)C[C@@H]1N. The molecule has 0 unspecified atom stereocenters. The zero-order chi connectivity index (χ0) is 11.7. The summed E-state index contributed by atoms with van der Waals surface area (Å²) in [5.41, 5.74) is 16.3. The summed E-state index contributed by atoms with van der Waals surface area (Å²) in [6, 6.07) is 1.39. The van der Waals surface area contributed by atoms with E-state index in [1.54, 1.807) is 12.3 Å². The van der Waals surface area contributed by atoms with Gasteiger partial charge < -0.3 is 21.9 Å². The van der Waals surface area contributed by atoms with Crippen molar-refractivity contribution in [1.82, 2.24) is 9.55 Å². The molecule has 7 nitrogen and oxygen atoms in total. The summed E-state index contributed by atoms with van der Waals surface area (Å²) in [7, 11) is 0. The molecule has 0 amide bonds. The minimum Gasteiger partial charge on any atom is -0.383 e. The fourth-order valence-corrected chi connectivity index (χ4v) is 1.80. The first kappa shape index (κ1) is 11.1. The predicted molar refractivity (Wildman–Crippen MR) is 58.5 cm³/mol. The molecule has 16 heavy (non-hydrogen) atoms. The number of nitrogen functional groups attached to an aromatic ring is 1. The summed E-state index contributed by atoms with van der Waals surface area (Å²) in [6.07, 6.45) is 1.49. The second-order valence-corrected chi connectivity index (χ2v) is 3.81. The summed E-state index contributed by atoms with van der Waals surface area (Å²) in [5, 5.41) is 0. The second kappa shape index (κ2) is 4.20.